The summed E-state index contributed by atoms with van der Waals surface area (Å²) in [4.78, 5) is 15.6. The van der Waals surface area contributed by atoms with Crippen molar-refractivity contribution >= 4 is 5.97 Å². The van der Waals surface area contributed by atoms with Crippen LogP contribution in [0.2, 0.25) is 0 Å². The summed E-state index contributed by atoms with van der Waals surface area (Å²) in [6, 6.07) is 6.31. The van der Waals surface area contributed by atoms with E-state index in [2.05, 4.69) is 10.0 Å². The van der Waals surface area contributed by atoms with Gasteiger partial charge >= 0.3 is 5.97 Å². The van der Waals surface area contributed by atoms with Crippen LogP contribution in [0.3, 0.4) is 0 Å². The molecule has 2 aromatic rings. The normalized spacial score (nSPS) is 25.2. The average molecular weight is 425 g/mol. The molecule has 1 fully saturated rings. The second-order valence-electron chi connectivity index (χ2n) is 7.56. The minimum absolute atomic E-state index is 0.0881. The van der Waals surface area contributed by atoms with E-state index in [1.165, 1.54) is 14.2 Å². The third-order valence-corrected chi connectivity index (χ3v) is 6.19. The number of carbonyl (C=O) groups is 1. The first-order chi connectivity index (χ1) is 15.1. The Morgan fingerprint density at radius 3 is 2.32 bits per heavy atom. The number of fused-ring (bicyclic) bond motifs is 3. The molecule has 0 unspecified atom stereocenters. The molecule has 2 aliphatic heterocycles. The Morgan fingerprint density at radius 1 is 1.06 bits per heavy atom. The summed E-state index contributed by atoms with van der Waals surface area (Å²) in [6.45, 7) is 0.260. The Morgan fingerprint density at radius 2 is 1.71 bits per heavy atom. The lowest BCUT2D eigenvalue weighted by Gasteiger charge is -2.37. The molecular formula is C21H19N3O7. The summed E-state index contributed by atoms with van der Waals surface area (Å²) >= 11 is 0. The molecule has 1 N–H and O–H groups in total. The molecule has 10 heteroatoms. The minimum Gasteiger partial charge on any atom is -0.502 e. The van der Waals surface area contributed by atoms with Crippen LogP contribution in [0.5, 0.6) is 28.7 Å². The summed E-state index contributed by atoms with van der Waals surface area (Å²) in [7, 11) is 2.90. The molecule has 2 heterocycles. The number of rotatable bonds is 4. The number of hydrogen-bond donors (Lipinski definition) is 1. The monoisotopic (exact) mass is 425 g/mol. The second kappa shape index (κ2) is 7.17. The molecule has 1 saturated heterocycles. The van der Waals surface area contributed by atoms with Crippen molar-refractivity contribution in [1.82, 2.24) is 0 Å². The number of carbonyl (C=O) groups excluding carboxylic acids is 1. The smallest absolute Gasteiger partial charge is 0.310 e. The van der Waals surface area contributed by atoms with Gasteiger partial charge in [0, 0.05) is 16.7 Å². The number of ether oxygens (including phenoxy) is 5. The van der Waals surface area contributed by atoms with Crippen LogP contribution in [-0.4, -0.2) is 38.7 Å². The van der Waals surface area contributed by atoms with Gasteiger partial charge in [-0.3, -0.25) is 4.79 Å². The van der Waals surface area contributed by atoms with Gasteiger partial charge in [0.15, 0.2) is 23.0 Å². The van der Waals surface area contributed by atoms with E-state index in [9.17, 15) is 15.4 Å². The van der Waals surface area contributed by atoms with Gasteiger partial charge in [0.25, 0.3) is 0 Å². The lowest BCUT2D eigenvalue weighted by molar-refractivity contribution is -0.141. The largest absolute Gasteiger partial charge is 0.502 e. The fourth-order valence-electron chi connectivity index (χ4n) is 4.85. The highest BCUT2D eigenvalue weighted by atomic mass is 16.7. The fourth-order valence-corrected chi connectivity index (χ4v) is 4.85. The summed E-state index contributed by atoms with van der Waals surface area (Å²) in [5, 5.41) is 14.3. The van der Waals surface area contributed by atoms with Crippen LogP contribution in [0.4, 0.5) is 0 Å². The molecule has 3 aliphatic rings. The number of esters is 1. The van der Waals surface area contributed by atoms with Crippen molar-refractivity contribution in [3.8, 4) is 28.7 Å². The van der Waals surface area contributed by atoms with Crippen molar-refractivity contribution < 1.29 is 33.6 Å². The van der Waals surface area contributed by atoms with E-state index in [1.54, 1.807) is 18.2 Å². The predicted molar refractivity (Wildman–Crippen MR) is 105 cm³/mol. The molecular weight excluding hydrogens is 406 g/mol. The Bertz CT molecular complexity index is 1100. The Balaban J connectivity index is 1.77. The van der Waals surface area contributed by atoms with Gasteiger partial charge in [0.2, 0.25) is 12.5 Å². The van der Waals surface area contributed by atoms with Gasteiger partial charge in [0.05, 0.1) is 32.8 Å². The van der Waals surface area contributed by atoms with Crippen LogP contribution in [-0.2, 0) is 9.53 Å². The maximum atomic E-state index is 12.7. The zero-order valence-electron chi connectivity index (χ0n) is 16.8. The summed E-state index contributed by atoms with van der Waals surface area (Å²) in [5.41, 5.74) is 11.5. The third kappa shape index (κ3) is 2.79. The van der Waals surface area contributed by atoms with E-state index < -0.39 is 17.9 Å². The third-order valence-electron chi connectivity index (χ3n) is 6.19. The van der Waals surface area contributed by atoms with Crippen LogP contribution in [0.25, 0.3) is 10.4 Å². The zero-order valence-corrected chi connectivity index (χ0v) is 16.8. The topological polar surface area (TPSA) is 132 Å². The highest BCUT2D eigenvalue weighted by molar-refractivity contribution is 5.78. The molecule has 0 amide bonds. The first-order valence-corrected chi connectivity index (χ1v) is 9.66. The maximum Gasteiger partial charge on any atom is 0.310 e. The quantitative estimate of drug-likeness (QED) is 0.343. The van der Waals surface area contributed by atoms with Crippen molar-refractivity contribution in [3.05, 3.63) is 51.4 Å². The molecule has 0 bridgehead atoms. The lowest BCUT2D eigenvalue weighted by atomic mass is 9.65. The molecule has 0 aromatic heterocycles. The SMILES string of the molecule is COc1cc([C@@H]2c3cc4c(cc3[C@@H](N=[N+]=[N-])[C@@H]3C(=O)OC[C@@H]23)OCO4)cc(OC)c1O. The van der Waals surface area contributed by atoms with E-state index in [-0.39, 0.29) is 42.5 Å². The van der Waals surface area contributed by atoms with Crippen LogP contribution in [0, 0.1) is 11.8 Å². The van der Waals surface area contributed by atoms with E-state index in [4.69, 9.17) is 23.7 Å². The number of methoxy groups -OCH3 is 2. The number of azide groups is 1. The number of cyclic esters (lactones) is 1. The van der Waals surface area contributed by atoms with Crippen molar-refractivity contribution in [2.75, 3.05) is 27.6 Å². The number of nitrogens with zero attached hydrogens (tertiary/aromatic N) is 3. The molecule has 2 aromatic carbocycles. The van der Waals surface area contributed by atoms with Gasteiger partial charge in [-0.2, -0.15) is 0 Å². The maximum absolute atomic E-state index is 12.7. The number of phenolic OH excluding ortho intramolecular Hbond substituents is 1. The summed E-state index contributed by atoms with van der Waals surface area (Å²) in [5.74, 6) is -0.201. The molecule has 1 aliphatic carbocycles. The molecule has 4 atom stereocenters. The van der Waals surface area contributed by atoms with Crippen molar-refractivity contribution in [1.29, 1.82) is 0 Å². The Hall–Kier alpha value is -3.78. The number of benzene rings is 2. The van der Waals surface area contributed by atoms with Gasteiger partial charge in [-0.15, -0.1) is 0 Å². The highest BCUT2D eigenvalue weighted by Gasteiger charge is 2.52. The fraction of sp³-hybridized carbons (Fsp3) is 0.381. The molecule has 31 heavy (non-hydrogen) atoms. The Labute approximate surface area is 176 Å². The van der Waals surface area contributed by atoms with Crippen molar-refractivity contribution in [2.45, 2.75) is 12.0 Å². The first kappa shape index (κ1) is 19.2. The van der Waals surface area contributed by atoms with Gasteiger partial charge < -0.3 is 28.8 Å². The van der Waals surface area contributed by atoms with Gasteiger partial charge in [-0.05, 0) is 46.5 Å². The molecule has 0 saturated carbocycles. The minimum atomic E-state index is -0.730. The van der Waals surface area contributed by atoms with Crippen LogP contribution in [0.15, 0.2) is 29.4 Å². The molecule has 10 nitrogen and oxygen atoms in total. The van der Waals surface area contributed by atoms with Crippen LogP contribution >= 0.6 is 0 Å². The first-order valence-electron chi connectivity index (χ1n) is 9.66. The van der Waals surface area contributed by atoms with Crippen LogP contribution in [0.1, 0.15) is 28.7 Å². The van der Waals surface area contributed by atoms with Gasteiger partial charge in [-0.1, -0.05) is 5.11 Å². The van der Waals surface area contributed by atoms with Crippen LogP contribution < -0.4 is 18.9 Å². The second-order valence-corrected chi connectivity index (χ2v) is 7.56. The van der Waals surface area contributed by atoms with Crippen molar-refractivity contribution in [3.63, 3.8) is 0 Å². The summed E-state index contributed by atoms with van der Waals surface area (Å²) in [6.07, 6.45) is 0. The lowest BCUT2D eigenvalue weighted by Crippen LogP contribution is -2.33. The van der Waals surface area contributed by atoms with E-state index in [1.807, 2.05) is 6.07 Å². The number of hydrogen-bond acceptors (Lipinski definition) is 8. The highest BCUT2D eigenvalue weighted by Crippen LogP contribution is 2.56. The van der Waals surface area contributed by atoms with E-state index >= 15 is 0 Å². The molecule has 0 spiro atoms. The predicted octanol–water partition coefficient (Wildman–Crippen LogP) is 3.42. The Kier molecular flexibility index (Phi) is 4.44. The van der Waals surface area contributed by atoms with E-state index in [0.29, 0.717) is 17.1 Å². The average Bonchev–Trinajstić information content (AvgIpc) is 3.39. The zero-order chi connectivity index (χ0) is 21.7. The molecule has 160 valence electrons. The standard InChI is InChI=1S/C21H19N3O7/c1-27-15-3-9(4-16(28-2)20(15)25)17-10-5-13-14(31-8-30-13)6-11(10)19(23-24-22)18-12(17)7-29-21(18)26/h3-6,12,17-19,25H,7-8H2,1-2H3/t12-,17+,18+,19+/m0/s1. The number of aromatic hydroxyl groups is 1. The van der Waals surface area contributed by atoms with E-state index in [0.717, 1.165) is 11.1 Å². The van der Waals surface area contributed by atoms with Gasteiger partial charge in [0.1, 0.15) is 0 Å². The number of phenols is 1. The molecule has 5 rings (SSSR count). The molecule has 0 radical (unpaired) electrons. The van der Waals surface area contributed by atoms with Gasteiger partial charge in [-0.25, -0.2) is 0 Å². The van der Waals surface area contributed by atoms with Crippen molar-refractivity contribution in [2.24, 2.45) is 17.0 Å². The summed E-state index contributed by atoms with van der Waals surface area (Å²) < 4.78 is 27.2.